The minimum Gasteiger partial charge on any atom is -0.381 e. The lowest BCUT2D eigenvalue weighted by Crippen LogP contribution is -2.02. The van der Waals surface area contributed by atoms with Crippen molar-refractivity contribution in [2.75, 3.05) is 5.32 Å². The van der Waals surface area contributed by atoms with E-state index in [1.54, 1.807) is 24.5 Å². The highest BCUT2D eigenvalue weighted by Crippen LogP contribution is 2.21. The summed E-state index contributed by atoms with van der Waals surface area (Å²) in [5.74, 6) is 0. The van der Waals surface area contributed by atoms with Crippen molar-refractivity contribution < 1.29 is 4.92 Å². The molecule has 0 spiro atoms. The SMILES string of the molecule is Cc1cc(NCc2cnccc2C)cc([N+](=O)[O-])c1. The van der Waals surface area contributed by atoms with Gasteiger partial charge in [-0.1, -0.05) is 0 Å². The normalized spacial score (nSPS) is 10.2. The number of hydrogen-bond donors (Lipinski definition) is 1. The Kier molecular flexibility index (Phi) is 3.75. The summed E-state index contributed by atoms with van der Waals surface area (Å²) in [6.07, 6.45) is 3.54. The Hall–Kier alpha value is -2.43. The van der Waals surface area contributed by atoms with Gasteiger partial charge in [0.2, 0.25) is 0 Å². The molecule has 1 N–H and O–H groups in total. The predicted molar refractivity (Wildman–Crippen MR) is 74.1 cm³/mol. The third-order valence-corrected chi connectivity index (χ3v) is 2.90. The minimum atomic E-state index is -0.381. The number of nitro benzene ring substituents is 1. The van der Waals surface area contributed by atoms with Gasteiger partial charge in [-0.3, -0.25) is 15.1 Å². The van der Waals surface area contributed by atoms with Gasteiger partial charge in [-0.25, -0.2) is 0 Å². The summed E-state index contributed by atoms with van der Waals surface area (Å²) in [6, 6.07) is 6.92. The van der Waals surface area contributed by atoms with Gasteiger partial charge in [-0.2, -0.15) is 0 Å². The van der Waals surface area contributed by atoms with E-state index < -0.39 is 0 Å². The van der Waals surface area contributed by atoms with Gasteiger partial charge in [0.15, 0.2) is 0 Å². The topological polar surface area (TPSA) is 68.1 Å². The molecule has 2 rings (SSSR count). The number of rotatable bonds is 4. The van der Waals surface area contributed by atoms with Crippen molar-refractivity contribution in [1.29, 1.82) is 0 Å². The first kappa shape index (κ1) is 13.0. The van der Waals surface area contributed by atoms with Crippen molar-refractivity contribution in [3.05, 3.63) is 63.5 Å². The molecule has 0 unspecified atom stereocenters. The molecule has 0 fully saturated rings. The van der Waals surface area contributed by atoms with Crippen LogP contribution in [0.1, 0.15) is 16.7 Å². The maximum absolute atomic E-state index is 10.8. The molecule has 0 atom stereocenters. The lowest BCUT2D eigenvalue weighted by molar-refractivity contribution is -0.384. The number of benzene rings is 1. The number of aryl methyl sites for hydroxylation is 2. The average molecular weight is 257 g/mol. The molecule has 0 saturated carbocycles. The lowest BCUT2D eigenvalue weighted by atomic mass is 10.1. The second-order valence-electron chi connectivity index (χ2n) is 4.47. The summed E-state index contributed by atoms with van der Waals surface area (Å²) in [4.78, 5) is 14.5. The molecule has 5 heteroatoms. The maximum Gasteiger partial charge on any atom is 0.271 e. The van der Waals surface area contributed by atoms with Crippen LogP contribution in [0.15, 0.2) is 36.7 Å². The van der Waals surface area contributed by atoms with Crippen LogP contribution in [0, 0.1) is 24.0 Å². The number of aromatic nitrogens is 1. The fourth-order valence-electron chi connectivity index (χ4n) is 1.85. The van der Waals surface area contributed by atoms with E-state index in [1.165, 1.54) is 0 Å². The van der Waals surface area contributed by atoms with Gasteiger partial charge in [-0.05, 0) is 42.7 Å². The van der Waals surface area contributed by atoms with E-state index in [0.29, 0.717) is 6.54 Å². The van der Waals surface area contributed by atoms with Crippen molar-refractivity contribution in [1.82, 2.24) is 4.98 Å². The molecule has 1 aromatic carbocycles. The van der Waals surface area contributed by atoms with Gasteiger partial charge < -0.3 is 5.32 Å². The third-order valence-electron chi connectivity index (χ3n) is 2.90. The Labute approximate surface area is 111 Å². The summed E-state index contributed by atoms with van der Waals surface area (Å²) >= 11 is 0. The predicted octanol–water partition coefficient (Wildman–Crippen LogP) is 3.22. The number of nitro groups is 1. The molecule has 0 radical (unpaired) electrons. The van der Waals surface area contributed by atoms with Crippen LogP contribution in [0.3, 0.4) is 0 Å². The van der Waals surface area contributed by atoms with E-state index in [1.807, 2.05) is 26.0 Å². The maximum atomic E-state index is 10.8. The van der Waals surface area contributed by atoms with Crippen LogP contribution in [0.5, 0.6) is 0 Å². The first-order valence-corrected chi connectivity index (χ1v) is 5.95. The first-order chi connectivity index (χ1) is 9.06. The zero-order valence-corrected chi connectivity index (χ0v) is 10.9. The number of hydrogen-bond acceptors (Lipinski definition) is 4. The molecule has 98 valence electrons. The molecule has 0 saturated heterocycles. The van der Waals surface area contributed by atoms with Crippen molar-refractivity contribution in [3.8, 4) is 0 Å². The zero-order chi connectivity index (χ0) is 13.8. The standard InChI is InChI=1S/C14H15N3O2/c1-10-5-13(7-14(6-10)17(18)19)16-9-12-8-15-4-3-11(12)2/h3-8,16H,9H2,1-2H3. The number of nitrogens with one attached hydrogen (secondary N) is 1. The highest BCUT2D eigenvalue weighted by molar-refractivity contribution is 5.54. The van der Waals surface area contributed by atoms with Crippen LogP contribution < -0.4 is 5.32 Å². The number of anilines is 1. The molecule has 0 bridgehead atoms. The molecule has 0 amide bonds. The van der Waals surface area contributed by atoms with E-state index in [-0.39, 0.29) is 10.6 Å². The van der Waals surface area contributed by atoms with E-state index in [9.17, 15) is 10.1 Å². The van der Waals surface area contributed by atoms with Crippen molar-refractivity contribution in [2.24, 2.45) is 0 Å². The highest BCUT2D eigenvalue weighted by atomic mass is 16.6. The molecular weight excluding hydrogens is 242 g/mol. The molecule has 19 heavy (non-hydrogen) atoms. The van der Waals surface area contributed by atoms with E-state index in [2.05, 4.69) is 10.3 Å². The van der Waals surface area contributed by atoms with Gasteiger partial charge in [-0.15, -0.1) is 0 Å². The molecule has 0 aliphatic rings. The van der Waals surface area contributed by atoms with Gasteiger partial charge in [0.05, 0.1) is 4.92 Å². The Morgan fingerprint density at radius 3 is 2.79 bits per heavy atom. The summed E-state index contributed by atoms with van der Waals surface area (Å²) in [5.41, 5.74) is 3.93. The lowest BCUT2D eigenvalue weighted by Gasteiger charge is -2.09. The fourth-order valence-corrected chi connectivity index (χ4v) is 1.85. The Balaban J connectivity index is 2.16. The monoisotopic (exact) mass is 257 g/mol. The van der Waals surface area contributed by atoms with Gasteiger partial charge >= 0.3 is 0 Å². The van der Waals surface area contributed by atoms with Crippen molar-refractivity contribution in [2.45, 2.75) is 20.4 Å². The quantitative estimate of drug-likeness (QED) is 0.674. The van der Waals surface area contributed by atoms with Crippen molar-refractivity contribution in [3.63, 3.8) is 0 Å². The molecule has 1 aromatic heterocycles. The Morgan fingerprint density at radius 2 is 2.11 bits per heavy atom. The van der Waals surface area contributed by atoms with Gasteiger partial charge in [0.25, 0.3) is 5.69 Å². The number of pyridine rings is 1. The number of non-ortho nitro benzene ring substituents is 1. The van der Waals surface area contributed by atoms with Gasteiger partial charge in [0.1, 0.15) is 0 Å². The average Bonchev–Trinajstić information content (AvgIpc) is 2.37. The largest absolute Gasteiger partial charge is 0.381 e. The highest BCUT2D eigenvalue weighted by Gasteiger charge is 2.08. The first-order valence-electron chi connectivity index (χ1n) is 5.95. The minimum absolute atomic E-state index is 0.102. The van der Waals surface area contributed by atoms with E-state index in [0.717, 1.165) is 22.4 Å². The van der Waals surface area contributed by atoms with Crippen LogP contribution in [0.4, 0.5) is 11.4 Å². The van der Waals surface area contributed by atoms with Crippen LogP contribution >= 0.6 is 0 Å². The summed E-state index contributed by atoms with van der Waals surface area (Å²) in [5, 5.41) is 14.0. The van der Waals surface area contributed by atoms with E-state index in [4.69, 9.17) is 0 Å². The Bertz CT molecular complexity index is 611. The molecule has 0 aliphatic heterocycles. The summed E-state index contributed by atoms with van der Waals surface area (Å²) in [6.45, 7) is 4.45. The summed E-state index contributed by atoms with van der Waals surface area (Å²) < 4.78 is 0. The van der Waals surface area contributed by atoms with Gasteiger partial charge in [0, 0.05) is 36.8 Å². The number of nitrogens with zero attached hydrogens (tertiary/aromatic N) is 2. The van der Waals surface area contributed by atoms with Crippen molar-refractivity contribution >= 4 is 11.4 Å². The fraction of sp³-hybridized carbons (Fsp3) is 0.214. The van der Waals surface area contributed by atoms with E-state index >= 15 is 0 Å². The third kappa shape index (κ3) is 3.28. The zero-order valence-electron chi connectivity index (χ0n) is 10.9. The molecular formula is C14H15N3O2. The smallest absolute Gasteiger partial charge is 0.271 e. The summed E-state index contributed by atoms with van der Waals surface area (Å²) in [7, 11) is 0. The van der Waals surface area contributed by atoms with Crippen LogP contribution in [-0.2, 0) is 6.54 Å². The van der Waals surface area contributed by atoms with Crippen LogP contribution in [-0.4, -0.2) is 9.91 Å². The van der Waals surface area contributed by atoms with Crippen LogP contribution in [0.25, 0.3) is 0 Å². The second-order valence-corrected chi connectivity index (χ2v) is 4.47. The molecule has 5 nitrogen and oxygen atoms in total. The molecule has 0 aliphatic carbocycles. The second kappa shape index (κ2) is 5.48. The van der Waals surface area contributed by atoms with Crippen LogP contribution in [0.2, 0.25) is 0 Å². The molecule has 2 aromatic rings. The Morgan fingerprint density at radius 1 is 1.32 bits per heavy atom. The molecule has 1 heterocycles.